The van der Waals surface area contributed by atoms with Crippen LogP contribution in [0.5, 0.6) is 0 Å². The van der Waals surface area contributed by atoms with Gasteiger partial charge in [-0.05, 0) is 51.2 Å². The van der Waals surface area contributed by atoms with Gasteiger partial charge in [0.15, 0.2) is 11.5 Å². The summed E-state index contributed by atoms with van der Waals surface area (Å²) in [4.78, 5) is 11.3. The van der Waals surface area contributed by atoms with Crippen LogP contribution in [0, 0.1) is 5.92 Å². The van der Waals surface area contributed by atoms with E-state index in [-0.39, 0.29) is 5.76 Å². The van der Waals surface area contributed by atoms with Crippen molar-refractivity contribution in [3.05, 3.63) is 35.8 Å². The Hall–Kier alpha value is -1.51. The lowest BCUT2D eigenvalue weighted by Crippen LogP contribution is -2.01. The summed E-state index contributed by atoms with van der Waals surface area (Å²) in [6.45, 7) is 12.1. The van der Waals surface area contributed by atoms with Gasteiger partial charge in [0.05, 0.1) is 6.61 Å². The second-order valence-corrected chi connectivity index (χ2v) is 5.47. The summed E-state index contributed by atoms with van der Waals surface area (Å²) in [5.41, 5.74) is 1.15. The first kappa shape index (κ1) is 19.5. The summed E-state index contributed by atoms with van der Waals surface area (Å²) < 4.78 is 5.41. The van der Waals surface area contributed by atoms with Crippen molar-refractivity contribution in [3.8, 4) is 0 Å². The van der Waals surface area contributed by atoms with Crippen LogP contribution in [0.4, 0.5) is 0 Å². The summed E-state index contributed by atoms with van der Waals surface area (Å²) in [7, 11) is 0. The molecule has 3 nitrogen and oxygen atoms in total. The average molecular weight is 294 g/mol. The Kier molecular flexibility index (Phi) is 10.4. The highest BCUT2D eigenvalue weighted by Gasteiger charge is 2.07. The number of aliphatic hydroxyl groups is 1. The predicted molar refractivity (Wildman–Crippen MR) is 88.2 cm³/mol. The molecule has 0 aliphatic carbocycles. The lowest BCUT2D eigenvalue weighted by atomic mass is 9.95. The molecule has 1 unspecified atom stereocenters. The van der Waals surface area contributed by atoms with Crippen molar-refractivity contribution < 1.29 is 14.6 Å². The van der Waals surface area contributed by atoms with E-state index >= 15 is 0 Å². The van der Waals surface area contributed by atoms with Crippen molar-refractivity contribution >= 4 is 5.78 Å². The molecule has 0 bridgehead atoms. The summed E-state index contributed by atoms with van der Waals surface area (Å²) in [6, 6.07) is 0. The van der Waals surface area contributed by atoms with E-state index < -0.39 is 0 Å². The van der Waals surface area contributed by atoms with Gasteiger partial charge in [-0.2, -0.15) is 0 Å². The lowest BCUT2D eigenvalue weighted by Gasteiger charge is -2.12. The smallest absolute Gasteiger partial charge is 0.160 e. The summed E-state index contributed by atoms with van der Waals surface area (Å²) in [5, 5.41) is 9.72. The Morgan fingerprint density at radius 1 is 1.38 bits per heavy atom. The predicted octanol–water partition coefficient (Wildman–Crippen LogP) is 5.10. The molecular formula is C18H30O3. The van der Waals surface area contributed by atoms with Crippen molar-refractivity contribution in [2.75, 3.05) is 6.61 Å². The van der Waals surface area contributed by atoms with Crippen LogP contribution in [0.3, 0.4) is 0 Å². The van der Waals surface area contributed by atoms with Gasteiger partial charge in [0.2, 0.25) is 0 Å². The third-order valence-electron chi connectivity index (χ3n) is 3.34. The molecule has 0 aromatic heterocycles. The Bertz CT molecular complexity index is 391. The third kappa shape index (κ3) is 9.11. The molecule has 1 atom stereocenters. The van der Waals surface area contributed by atoms with Crippen LogP contribution in [0.2, 0.25) is 0 Å². The molecule has 0 saturated heterocycles. The molecule has 0 fully saturated rings. The van der Waals surface area contributed by atoms with E-state index in [1.54, 1.807) is 0 Å². The number of aliphatic hydroxyl groups excluding tert-OH is 1. The SMILES string of the molecule is C=C/C(O)=C(\C=C(/C)CC(C)CCCC(=O)CC)OCC. The van der Waals surface area contributed by atoms with Gasteiger partial charge in [-0.25, -0.2) is 0 Å². The molecule has 0 saturated carbocycles. The standard InChI is InChI=1S/C18H30O3/c1-6-16(19)11-9-10-14(4)12-15(5)13-18(21-8-3)17(20)7-2/h7,13-14,20H,2,6,8-12H2,1,3-5H3/b15-13+,18-17-. The molecule has 0 heterocycles. The van der Waals surface area contributed by atoms with Crippen molar-refractivity contribution in [1.82, 2.24) is 0 Å². The first-order chi connectivity index (χ1) is 9.94. The van der Waals surface area contributed by atoms with Crippen molar-refractivity contribution in [2.24, 2.45) is 5.92 Å². The summed E-state index contributed by atoms with van der Waals surface area (Å²) >= 11 is 0. The first-order valence-corrected chi connectivity index (χ1v) is 7.81. The van der Waals surface area contributed by atoms with Gasteiger partial charge in [-0.3, -0.25) is 4.79 Å². The average Bonchev–Trinajstić information content (AvgIpc) is 2.45. The molecule has 0 aromatic rings. The van der Waals surface area contributed by atoms with Crippen molar-refractivity contribution in [2.45, 2.75) is 59.8 Å². The van der Waals surface area contributed by atoms with Gasteiger partial charge < -0.3 is 9.84 Å². The van der Waals surface area contributed by atoms with Crippen molar-refractivity contribution in [1.29, 1.82) is 0 Å². The number of ketones is 1. The van der Waals surface area contributed by atoms with Crippen LogP contribution < -0.4 is 0 Å². The van der Waals surface area contributed by atoms with E-state index in [1.807, 2.05) is 26.8 Å². The molecule has 1 N–H and O–H groups in total. The minimum Gasteiger partial charge on any atom is -0.504 e. The molecule has 21 heavy (non-hydrogen) atoms. The maximum Gasteiger partial charge on any atom is 0.160 e. The molecule has 0 spiro atoms. The van der Waals surface area contributed by atoms with Gasteiger partial charge in [-0.1, -0.05) is 26.0 Å². The number of carbonyl (C=O) groups excluding carboxylic acids is 1. The molecule has 0 aromatic carbocycles. The lowest BCUT2D eigenvalue weighted by molar-refractivity contribution is -0.118. The minimum absolute atomic E-state index is 0.0670. The maximum atomic E-state index is 11.3. The Morgan fingerprint density at radius 2 is 2.05 bits per heavy atom. The van der Waals surface area contributed by atoms with Gasteiger partial charge in [0.1, 0.15) is 5.78 Å². The number of ether oxygens (including phenoxy) is 1. The third-order valence-corrected chi connectivity index (χ3v) is 3.34. The topological polar surface area (TPSA) is 46.5 Å². The highest BCUT2D eigenvalue weighted by atomic mass is 16.5. The number of rotatable bonds is 11. The number of allylic oxidation sites excluding steroid dienone is 3. The normalized spacial score (nSPS) is 14.4. The van der Waals surface area contributed by atoms with E-state index in [4.69, 9.17) is 4.74 Å². The molecule has 0 radical (unpaired) electrons. The molecule has 120 valence electrons. The Balaban J connectivity index is 4.43. The van der Waals surface area contributed by atoms with E-state index in [0.29, 0.717) is 36.9 Å². The van der Waals surface area contributed by atoms with E-state index in [0.717, 1.165) is 24.8 Å². The fourth-order valence-corrected chi connectivity index (χ4v) is 2.20. The molecule has 0 aliphatic rings. The van der Waals surface area contributed by atoms with E-state index in [1.165, 1.54) is 6.08 Å². The Labute approximate surface area is 129 Å². The largest absolute Gasteiger partial charge is 0.504 e. The van der Waals surface area contributed by atoms with Crippen LogP contribution in [-0.2, 0) is 9.53 Å². The van der Waals surface area contributed by atoms with Gasteiger partial charge in [0, 0.05) is 12.8 Å². The maximum absolute atomic E-state index is 11.3. The van der Waals surface area contributed by atoms with Crippen LogP contribution in [0.25, 0.3) is 0 Å². The second-order valence-electron chi connectivity index (χ2n) is 5.47. The number of hydrogen-bond donors (Lipinski definition) is 1. The highest BCUT2D eigenvalue weighted by molar-refractivity contribution is 5.77. The fourth-order valence-electron chi connectivity index (χ4n) is 2.20. The van der Waals surface area contributed by atoms with Crippen LogP contribution in [0.15, 0.2) is 35.8 Å². The van der Waals surface area contributed by atoms with E-state index in [2.05, 4.69) is 13.5 Å². The number of hydrogen-bond acceptors (Lipinski definition) is 3. The molecular weight excluding hydrogens is 264 g/mol. The number of carbonyl (C=O) groups is 1. The highest BCUT2D eigenvalue weighted by Crippen LogP contribution is 2.20. The van der Waals surface area contributed by atoms with E-state index in [9.17, 15) is 9.90 Å². The van der Waals surface area contributed by atoms with Crippen LogP contribution >= 0.6 is 0 Å². The van der Waals surface area contributed by atoms with Crippen LogP contribution in [-0.4, -0.2) is 17.5 Å². The zero-order valence-electron chi connectivity index (χ0n) is 13.9. The monoisotopic (exact) mass is 294 g/mol. The number of Topliss-reactive ketones (excluding diaryl/α,β-unsaturated/α-hetero) is 1. The van der Waals surface area contributed by atoms with Gasteiger partial charge in [-0.15, -0.1) is 0 Å². The van der Waals surface area contributed by atoms with Crippen LogP contribution in [0.1, 0.15) is 59.8 Å². The molecule has 0 amide bonds. The first-order valence-electron chi connectivity index (χ1n) is 7.81. The van der Waals surface area contributed by atoms with Crippen molar-refractivity contribution in [3.63, 3.8) is 0 Å². The summed E-state index contributed by atoms with van der Waals surface area (Å²) in [5.74, 6) is 1.39. The minimum atomic E-state index is 0.0670. The summed E-state index contributed by atoms with van der Waals surface area (Å²) in [6.07, 6.45) is 7.50. The zero-order valence-corrected chi connectivity index (χ0v) is 13.9. The molecule has 0 aliphatic heterocycles. The van der Waals surface area contributed by atoms with Gasteiger partial charge in [0.25, 0.3) is 0 Å². The van der Waals surface area contributed by atoms with Gasteiger partial charge >= 0.3 is 0 Å². The zero-order chi connectivity index (χ0) is 16.3. The fraction of sp³-hybridized carbons (Fsp3) is 0.611. The molecule has 0 rings (SSSR count). The second kappa shape index (κ2) is 11.2. The Morgan fingerprint density at radius 3 is 2.57 bits per heavy atom. The quantitative estimate of drug-likeness (QED) is 0.426. The molecule has 3 heteroatoms.